The van der Waals surface area contributed by atoms with Gasteiger partial charge in [0, 0.05) is 15.8 Å². The van der Waals surface area contributed by atoms with Crippen LogP contribution in [0.1, 0.15) is 20.0 Å². The molecule has 0 atom stereocenters. The molecule has 2 aromatic carbocycles. The molecule has 0 unspecified atom stereocenters. The van der Waals surface area contributed by atoms with Gasteiger partial charge in [-0.15, -0.1) is 11.3 Å². The zero-order chi connectivity index (χ0) is 16.9. The van der Waals surface area contributed by atoms with Crippen molar-refractivity contribution in [3.63, 3.8) is 0 Å². The third kappa shape index (κ3) is 3.90. The van der Waals surface area contributed by atoms with E-state index in [0.717, 1.165) is 4.47 Å². The number of anilines is 2. The monoisotopic (exact) mass is 400 g/mol. The van der Waals surface area contributed by atoms with Gasteiger partial charge in [-0.05, 0) is 63.8 Å². The quantitative estimate of drug-likeness (QED) is 0.645. The van der Waals surface area contributed by atoms with Crippen molar-refractivity contribution in [3.05, 3.63) is 81.0 Å². The van der Waals surface area contributed by atoms with Crippen molar-refractivity contribution in [2.75, 3.05) is 10.6 Å². The summed E-state index contributed by atoms with van der Waals surface area (Å²) in [7, 11) is 0. The molecule has 0 aliphatic carbocycles. The molecule has 3 aromatic rings. The van der Waals surface area contributed by atoms with E-state index in [1.807, 2.05) is 29.6 Å². The van der Waals surface area contributed by atoms with Crippen LogP contribution in [0.3, 0.4) is 0 Å². The SMILES string of the molecule is O=C(Nc1ccc(NC(=O)c2ccccc2Br)cc1)c1cccs1. The number of carbonyl (C=O) groups excluding carboxylic acids is 2. The van der Waals surface area contributed by atoms with E-state index in [1.54, 1.807) is 36.4 Å². The number of carbonyl (C=O) groups is 2. The highest BCUT2D eigenvalue weighted by molar-refractivity contribution is 9.10. The molecular formula is C18H13BrN2O2S. The van der Waals surface area contributed by atoms with E-state index < -0.39 is 0 Å². The lowest BCUT2D eigenvalue weighted by Gasteiger charge is -2.08. The van der Waals surface area contributed by atoms with Crippen molar-refractivity contribution >= 4 is 50.5 Å². The third-order valence-corrected chi connectivity index (χ3v) is 4.82. The molecule has 0 fully saturated rings. The fraction of sp³-hybridized carbons (Fsp3) is 0. The number of benzene rings is 2. The third-order valence-electron chi connectivity index (χ3n) is 3.26. The molecule has 0 saturated heterocycles. The van der Waals surface area contributed by atoms with E-state index in [4.69, 9.17) is 0 Å². The lowest BCUT2D eigenvalue weighted by atomic mass is 10.2. The molecule has 2 N–H and O–H groups in total. The summed E-state index contributed by atoms with van der Waals surface area (Å²) in [5, 5.41) is 7.50. The second kappa shape index (κ2) is 7.42. The second-order valence-corrected chi connectivity index (χ2v) is 6.74. The Bertz CT molecular complexity index is 861. The minimum atomic E-state index is -0.196. The first kappa shape index (κ1) is 16.4. The number of hydrogen-bond donors (Lipinski definition) is 2. The smallest absolute Gasteiger partial charge is 0.265 e. The lowest BCUT2D eigenvalue weighted by molar-refractivity contribution is 0.101. The maximum absolute atomic E-state index is 12.2. The topological polar surface area (TPSA) is 58.2 Å². The first-order valence-corrected chi connectivity index (χ1v) is 8.81. The molecule has 6 heteroatoms. The largest absolute Gasteiger partial charge is 0.322 e. The summed E-state index contributed by atoms with van der Waals surface area (Å²) in [5.41, 5.74) is 1.89. The maximum atomic E-state index is 12.2. The van der Waals surface area contributed by atoms with E-state index in [1.165, 1.54) is 11.3 Å². The molecule has 0 aliphatic rings. The highest BCUT2D eigenvalue weighted by Gasteiger charge is 2.10. The first-order valence-electron chi connectivity index (χ1n) is 7.14. The number of rotatable bonds is 4. The van der Waals surface area contributed by atoms with Crippen LogP contribution in [0.4, 0.5) is 11.4 Å². The molecule has 1 heterocycles. The molecule has 1 aromatic heterocycles. The number of amides is 2. The first-order chi connectivity index (χ1) is 11.6. The Morgan fingerprint density at radius 3 is 2.00 bits per heavy atom. The minimum absolute atomic E-state index is 0.144. The van der Waals surface area contributed by atoms with Crippen molar-refractivity contribution < 1.29 is 9.59 Å². The summed E-state index contributed by atoms with van der Waals surface area (Å²) in [5.74, 6) is -0.340. The van der Waals surface area contributed by atoms with Crippen molar-refractivity contribution in [3.8, 4) is 0 Å². The van der Waals surface area contributed by atoms with Crippen LogP contribution in [0.2, 0.25) is 0 Å². The van der Waals surface area contributed by atoms with Gasteiger partial charge in [-0.2, -0.15) is 0 Å². The predicted molar refractivity (Wildman–Crippen MR) is 101 cm³/mol. The van der Waals surface area contributed by atoms with Gasteiger partial charge < -0.3 is 10.6 Å². The summed E-state index contributed by atoms with van der Waals surface area (Å²) < 4.78 is 0.738. The number of halogens is 1. The summed E-state index contributed by atoms with van der Waals surface area (Å²) in [6.07, 6.45) is 0. The normalized spacial score (nSPS) is 10.2. The Labute approximate surface area is 151 Å². The molecule has 0 spiro atoms. The van der Waals surface area contributed by atoms with Gasteiger partial charge in [0.2, 0.25) is 0 Å². The van der Waals surface area contributed by atoms with Gasteiger partial charge in [-0.1, -0.05) is 18.2 Å². The van der Waals surface area contributed by atoms with Crippen molar-refractivity contribution in [1.82, 2.24) is 0 Å². The van der Waals surface area contributed by atoms with Gasteiger partial charge in [-0.25, -0.2) is 0 Å². The predicted octanol–water partition coefficient (Wildman–Crippen LogP) is 5.02. The molecule has 24 heavy (non-hydrogen) atoms. The average molecular weight is 401 g/mol. The van der Waals surface area contributed by atoms with Gasteiger partial charge in [0.25, 0.3) is 11.8 Å². The van der Waals surface area contributed by atoms with E-state index in [9.17, 15) is 9.59 Å². The Kier molecular flexibility index (Phi) is 5.08. The highest BCUT2D eigenvalue weighted by atomic mass is 79.9. The zero-order valence-electron chi connectivity index (χ0n) is 12.5. The Balaban J connectivity index is 1.65. The van der Waals surface area contributed by atoms with Crippen molar-refractivity contribution in [2.45, 2.75) is 0 Å². The molecule has 3 rings (SSSR count). The van der Waals surface area contributed by atoms with Crippen LogP contribution in [-0.2, 0) is 0 Å². The van der Waals surface area contributed by atoms with Gasteiger partial charge in [0.05, 0.1) is 10.4 Å². The Morgan fingerprint density at radius 2 is 1.42 bits per heavy atom. The summed E-state index contributed by atoms with van der Waals surface area (Å²) >= 11 is 4.75. The van der Waals surface area contributed by atoms with Gasteiger partial charge in [-0.3, -0.25) is 9.59 Å². The Hall–Kier alpha value is -2.44. The summed E-state index contributed by atoms with van der Waals surface area (Å²) in [4.78, 5) is 24.9. The minimum Gasteiger partial charge on any atom is -0.322 e. The number of thiophene rings is 1. The van der Waals surface area contributed by atoms with E-state index in [-0.39, 0.29) is 11.8 Å². The summed E-state index contributed by atoms with van der Waals surface area (Å²) in [6, 6.07) is 17.8. The number of hydrogen-bond acceptors (Lipinski definition) is 3. The van der Waals surface area contributed by atoms with Crippen molar-refractivity contribution in [2.24, 2.45) is 0 Å². The lowest BCUT2D eigenvalue weighted by Crippen LogP contribution is -2.13. The number of nitrogens with one attached hydrogen (secondary N) is 2. The molecule has 120 valence electrons. The van der Waals surface area contributed by atoms with Crippen LogP contribution in [0.25, 0.3) is 0 Å². The van der Waals surface area contributed by atoms with E-state index in [2.05, 4.69) is 26.6 Å². The van der Waals surface area contributed by atoms with Gasteiger partial charge >= 0.3 is 0 Å². The van der Waals surface area contributed by atoms with Gasteiger partial charge in [0.15, 0.2) is 0 Å². The van der Waals surface area contributed by atoms with Crippen molar-refractivity contribution in [1.29, 1.82) is 0 Å². The van der Waals surface area contributed by atoms with Gasteiger partial charge in [0.1, 0.15) is 0 Å². The molecular weight excluding hydrogens is 388 g/mol. The molecule has 0 radical (unpaired) electrons. The highest BCUT2D eigenvalue weighted by Crippen LogP contribution is 2.20. The van der Waals surface area contributed by atoms with E-state index in [0.29, 0.717) is 21.8 Å². The summed E-state index contributed by atoms with van der Waals surface area (Å²) in [6.45, 7) is 0. The Morgan fingerprint density at radius 1 is 0.792 bits per heavy atom. The molecule has 0 aliphatic heterocycles. The molecule has 0 bridgehead atoms. The van der Waals surface area contributed by atoms with Crippen LogP contribution in [0.15, 0.2) is 70.5 Å². The van der Waals surface area contributed by atoms with E-state index >= 15 is 0 Å². The van der Waals surface area contributed by atoms with Crippen LogP contribution < -0.4 is 10.6 Å². The standard InChI is InChI=1S/C18H13BrN2O2S/c19-15-5-2-1-4-14(15)17(22)20-12-7-9-13(10-8-12)21-18(23)16-6-3-11-24-16/h1-11H,(H,20,22)(H,21,23). The zero-order valence-corrected chi connectivity index (χ0v) is 14.9. The molecule has 4 nitrogen and oxygen atoms in total. The molecule has 2 amide bonds. The van der Waals surface area contributed by atoms with Crippen LogP contribution in [0.5, 0.6) is 0 Å². The second-order valence-electron chi connectivity index (χ2n) is 4.94. The van der Waals surface area contributed by atoms with Crippen LogP contribution >= 0.6 is 27.3 Å². The average Bonchev–Trinajstić information content (AvgIpc) is 3.11. The van der Waals surface area contributed by atoms with Crippen LogP contribution in [-0.4, -0.2) is 11.8 Å². The van der Waals surface area contributed by atoms with Crippen LogP contribution in [0, 0.1) is 0 Å². The molecule has 0 saturated carbocycles. The maximum Gasteiger partial charge on any atom is 0.265 e. The fourth-order valence-corrected chi connectivity index (χ4v) is 3.16. The fourth-order valence-electron chi connectivity index (χ4n) is 2.08.